The molecule has 7 nitrogen and oxygen atoms in total. The normalized spacial score (nSPS) is 17.9. The number of hydrogen-bond donors (Lipinski definition) is 1. The van der Waals surface area contributed by atoms with Crippen LogP contribution in [0.2, 0.25) is 5.15 Å². The highest BCUT2D eigenvalue weighted by atomic mass is 35.5. The van der Waals surface area contributed by atoms with E-state index in [1.807, 2.05) is 0 Å². The first-order valence-corrected chi connectivity index (χ1v) is 8.09. The monoisotopic (exact) mass is 320 g/mol. The van der Waals surface area contributed by atoms with Gasteiger partial charge in [0.25, 0.3) is 0 Å². The summed E-state index contributed by atoms with van der Waals surface area (Å²) in [5.41, 5.74) is 0. The molecule has 2 heterocycles. The van der Waals surface area contributed by atoms with Gasteiger partial charge in [-0.05, 0) is 18.8 Å². The second-order valence-corrected chi connectivity index (χ2v) is 6.80. The van der Waals surface area contributed by atoms with Crippen molar-refractivity contribution in [1.82, 2.24) is 14.3 Å². The lowest BCUT2D eigenvalue weighted by atomic mass is 10.0. The summed E-state index contributed by atoms with van der Waals surface area (Å²) in [6.07, 6.45) is 1.70. The second kappa shape index (κ2) is 6.11. The van der Waals surface area contributed by atoms with Crippen LogP contribution in [-0.2, 0) is 10.2 Å². The van der Waals surface area contributed by atoms with Gasteiger partial charge in [0.2, 0.25) is 11.8 Å². The lowest BCUT2D eigenvalue weighted by molar-refractivity contribution is 0.289. The first kappa shape index (κ1) is 15.3. The lowest BCUT2D eigenvalue weighted by Gasteiger charge is -2.29. The van der Waals surface area contributed by atoms with E-state index < -0.39 is 10.2 Å². The number of methoxy groups -OCH3 is 1. The molecule has 1 saturated heterocycles. The molecule has 0 atom stereocenters. The molecular formula is C11H17ClN4O3S. The molecule has 0 saturated carbocycles. The maximum Gasteiger partial charge on any atom is 0.303 e. The molecule has 1 aliphatic heterocycles. The van der Waals surface area contributed by atoms with Gasteiger partial charge in [0.05, 0.1) is 7.11 Å². The summed E-state index contributed by atoms with van der Waals surface area (Å²) in [6, 6.07) is 1.40. The van der Waals surface area contributed by atoms with Crippen LogP contribution in [0.15, 0.2) is 6.07 Å². The van der Waals surface area contributed by atoms with E-state index >= 15 is 0 Å². The van der Waals surface area contributed by atoms with E-state index in [0.717, 1.165) is 12.8 Å². The van der Waals surface area contributed by atoms with Crippen molar-refractivity contribution in [3.05, 3.63) is 11.2 Å². The average Bonchev–Trinajstić information content (AvgIpc) is 2.37. The number of hydrogen-bond acceptors (Lipinski definition) is 5. The van der Waals surface area contributed by atoms with Crippen molar-refractivity contribution in [2.24, 2.45) is 5.92 Å². The molecule has 1 aromatic rings. The van der Waals surface area contributed by atoms with Crippen LogP contribution in [0.3, 0.4) is 0 Å². The molecule has 20 heavy (non-hydrogen) atoms. The smallest absolute Gasteiger partial charge is 0.303 e. The van der Waals surface area contributed by atoms with Crippen LogP contribution in [-0.4, -0.2) is 42.9 Å². The van der Waals surface area contributed by atoms with Gasteiger partial charge in [-0.1, -0.05) is 18.5 Å². The van der Waals surface area contributed by atoms with Crippen LogP contribution in [0.5, 0.6) is 5.88 Å². The van der Waals surface area contributed by atoms with Crippen LogP contribution in [0.1, 0.15) is 19.8 Å². The molecule has 0 bridgehead atoms. The second-order valence-electron chi connectivity index (χ2n) is 4.75. The van der Waals surface area contributed by atoms with Crippen molar-refractivity contribution >= 4 is 27.8 Å². The molecular weight excluding hydrogens is 304 g/mol. The van der Waals surface area contributed by atoms with Crippen LogP contribution in [0.25, 0.3) is 0 Å². The molecule has 0 radical (unpaired) electrons. The van der Waals surface area contributed by atoms with Gasteiger partial charge in [0.15, 0.2) is 0 Å². The number of nitrogens with zero attached hydrogens (tertiary/aromatic N) is 3. The Hall–Kier alpha value is -1.12. The molecule has 0 spiro atoms. The van der Waals surface area contributed by atoms with E-state index in [0.29, 0.717) is 19.0 Å². The Kier molecular flexibility index (Phi) is 4.66. The largest absolute Gasteiger partial charge is 0.481 e. The molecule has 0 aromatic carbocycles. The van der Waals surface area contributed by atoms with Crippen molar-refractivity contribution in [3.8, 4) is 5.88 Å². The fourth-order valence-electron chi connectivity index (χ4n) is 1.95. The third kappa shape index (κ3) is 3.71. The molecule has 1 N–H and O–H groups in total. The molecule has 2 rings (SSSR count). The van der Waals surface area contributed by atoms with Gasteiger partial charge in [0, 0.05) is 19.2 Å². The van der Waals surface area contributed by atoms with Crippen LogP contribution < -0.4 is 9.46 Å². The zero-order valence-corrected chi connectivity index (χ0v) is 12.9. The van der Waals surface area contributed by atoms with Crippen LogP contribution in [0.4, 0.5) is 5.95 Å². The highest BCUT2D eigenvalue weighted by molar-refractivity contribution is 7.90. The predicted molar refractivity (Wildman–Crippen MR) is 76.1 cm³/mol. The van der Waals surface area contributed by atoms with Gasteiger partial charge < -0.3 is 4.74 Å². The minimum absolute atomic E-state index is 0.0898. The standard InChI is InChI=1S/C11H17ClN4O3S/c1-8-3-5-16(6-4-8)20(17,18)15-11-13-9(12)7-10(14-11)19-2/h7-8H,3-6H2,1-2H3,(H,13,14,15). The van der Waals surface area contributed by atoms with E-state index in [4.69, 9.17) is 16.3 Å². The molecule has 112 valence electrons. The van der Waals surface area contributed by atoms with Gasteiger partial charge in [-0.15, -0.1) is 0 Å². The van der Waals surface area contributed by atoms with E-state index in [-0.39, 0.29) is 17.0 Å². The summed E-state index contributed by atoms with van der Waals surface area (Å²) in [4.78, 5) is 7.75. The molecule has 9 heteroatoms. The average molecular weight is 321 g/mol. The zero-order valence-electron chi connectivity index (χ0n) is 11.3. The summed E-state index contributed by atoms with van der Waals surface area (Å²) >= 11 is 5.78. The summed E-state index contributed by atoms with van der Waals surface area (Å²) in [7, 11) is -2.24. The van der Waals surface area contributed by atoms with Gasteiger partial charge in [-0.25, -0.2) is 9.71 Å². The maximum atomic E-state index is 12.2. The van der Waals surface area contributed by atoms with Crippen molar-refractivity contribution < 1.29 is 13.2 Å². The third-order valence-corrected chi connectivity index (χ3v) is 4.86. The summed E-state index contributed by atoms with van der Waals surface area (Å²) in [6.45, 7) is 3.10. The van der Waals surface area contributed by atoms with Crippen molar-refractivity contribution in [2.45, 2.75) is 19.8 Å². The van der Waals surface area contributed by atoms with E-state index in [1.165, 1.54) is 17.5 Å². The Morgan fingerprint density at radius 2 is 2.05 bits per heavy atom. The minimum atomic E-state index is -3.66. The third-order valence-electron chi connectivity index (χ3n) is 3.18. The Morgan fingerprint density at radius 1 is 1.40 bits per heavy atom. The van der Waals surface area contributed by atoms with E-state index in [1.54, 1.807) is 0 Å². The van der Waals surface area contributed by atoms with Gasteiger partial charge in [0.1, 0.15) is 5.15 Å². The number of piperidine rings is 1. The number of ether oxygens (including phenoxy) is 1. The van der Waals surface area contributed by atoms with E-state index in [2.05, 4.69) is 21.6 Å². The van der Waals surface area contributed by atoms with Crippen molar-refractivity contribution in [3.63, 3.8) is 0 Å². The number of halogens is 1. The quantitative estimate of drug-likeness (QED) is 0.850. The zero-order chi connectivity index (χ0) is 14.8. The first-order valence-electron chi connectivity index (χ1n) is 6.27. The number of aromatic nitrogens is 2. The molecule has 0 unspecified atom stereocenters. The lowest BCUT2D eigenvalue weighted by Crippen LogP contribution is -2.41. The van der Waals surface area contributed by atoms with E-state index in [9.17, 15) is 8.42 Å². The fraction of sp³-hybridized carbons (Fsp3) is 0.636. The molecule has 1 aliphatic rings. The highest BCUT2D eigenvalue weighted by Gasteiger charge is 2.27. The molecule has 1 aromatic heterocycles. The van der Waals surface area contributed by atoms with Crippen molar-refractivity contribution in [2.75, 3.05) is 24.9 Å². The van der Waals surface area contributed by atoms with Crippen molar-refractivity contribution in [1.29, 1.82) is 0 Å². The SMILES string of the molecule is COc1cc(Cl)nc(NS(=O)(=O)N2CCC(C)CC2)n1. The van der Waals surface area contributed by atoms with Crippen LogP contribution >= 0.6 is 11.6 Å². The summed E-state index contributed by atoms with van der Waals surface area (Å²) < 4.78 is 33.1. The van der Waals surface area contributed by atoms with Gasteiger partial charge in [-0.3, -0.25) is 0 Å². The minimum Gasteiger partial charge on any atom is -0.481 e. The highest BCUT2D eigenvalue weighted by Crippen LogP contribution is 2.21. The molecule has 0 aliphatic carbocycles. The van der Waals surface area contributed by atoms with Gasteiger partial charge >= 0.3 is 10.2 Å². The Balaban J connectivity index is 2.14. The maximum absolute atomic E-state index is 12.2. The Bertz CT molecular complexity index is 573. The topological polar surface area (TPSA) is 84.4 Å². The number of rotatable bonds is 4. The summed E-state index contributed by atoms with van der Waals surface area (Å²) in [5, 5.41) is 0.113. The first-order chi connectivity index (χ1) is 9.40. The molecule has 1 fully saturated rings. The Morgan fingerprint density at radius 3 is 2.65 bits per heavy atom. The number of anilines is 1. The summed E-state index contributed by atoms with van der Waals surface area (Å²) in [5.74, 6) is 0.659. The number of nitrogens with one attached hydrogen (secondary N) is 1. The van der Waals surface area contributed by atoms with Gasteiger partial charge in [-0.2, -0.15) is 17.7 Å². The predicted octanol–water partition coefficient (Wildman–Crippen LogP) is 1.53. The Labute approximate surface area is 123 Å². The molecule has 0 amide bonds. The van der Waals surface area contributed by atoms with Crippen LogP contribution in [0, 0.1) is 5.92 Å². The fourth-order valence-corrected chi connectivity index (χ4v) is 3.27.